The van der Waals surface area contributed by atoms with Crippen molar-refractivity contribution >= 4 is 52.1 Å². The molecule has 1 aliphatic rings. The van der Waals surface area contributed by atoms with Crippen LogP contribution in [0.2, 0.25) is 0 Å². The number of rotatable bonds is 11. The molecule has 3 atom stereocenters. The van der Waals surface area contributed by atoms with Gasteiger partial charge in [0, 0.05) is 32.6 Å². The molecule has 2 rings (SSSR count). The van der Waals surface area contributed by atoms with E-state index in [2.05, 4.69) is 5.32 Å². The van der Waals surface area contributed by atoms with Crippen LogP contribution in [0.25, 0.3) is 0 Å². The van der Waals surface area contributed by atoms with E-state index in [1.165, 1.54) is 11.3 Å². The first-order chi connectivity index (χ1) is 16.9. The Morgan fingerprint density at radius 1 is 0.861 bits per heavy atom. The van der Waals surface area contributed by atoms with Crippen LogP contribution in [-0.4, -0.2) is 67.3 Å². The minimum Gasteiger partial charge on any atom is -0.462 e. The SMILES string of the molecule is CCOC(=O)c1c(NC(=O)[C@@H](OC(C)=O)[C@@H](OC(C)=O)[C@@H](COC(C)=O)OC(C)=O)sc2c1CCC2. The van der Waals surface area contributed by atoms with Gasteiger partial charge in [0.15, 0.2) is 12.2 Å². The molecular weight excluding hydrogens is 498 g/mol. The summed E-state index contributed by atoms with van der Waals surface area (Å²) < 4.78 is 25.6. The van der Waals surface area contributed by atoms with Gasteiger partial charge in [-0.15, -0.1) is 11.3 Å². The summed E-state index contributed by atoms with van der Waals surface area (Å²) in [7, 11) is 0. The molecule has 1 aromatic heterocycles. The van der Waals surface area contributed by atoms with Crippen molar-refractivity contribution in [3.05, 3.63) is 16.0 Å². The van der Waals surface area contributed by atoms with Crippen molar-refractivity contribution in [2.24, 2.45) is 0 Å². The van der Waals surface area contributed by atoms with Crippen molar-refractivity contribution in [1.82, 2.24) is 0 Å². The van der Waals surface area contributed by atoms with E-state index in [9.17, 15) is 28.8 Å². The van der Waals surface area contributed by atoms with Crippen molar-refractivity contribution in [3.63, 3.8) is 0 Å². The van der Waals surface area contributed by atoms with Crippen LogP contribution in [-0.2, 0) is 60.5 Å². The number of anilines is 1. The third-order valence-corrected chi connectivity index (χ3v) is 6.13. The van der Waals surface area contributed by atoms with Crippen LogP contribution in [0.1, 0.15) is 61.8 Å². The van der Waals surface area contributed by atoms with Gasteiger partial charge in [-0.05, 0) is 31.7 Å². The summed E-state index contributed by atoms with van der Waals surface area (Å²) in [5.41, 5.74) is 0.992. The highest BCUT2D eigenvalue weighted by Gasteiger charge is 2.43. The summed E-state index contributed by atoms with van der Waals surface area (Å²) in [6.45, 7) is 5.43. The third kappa shape index (κ3) is 7.77. The lowest BCUT2D eigenvalue weighted by atomic mass is 10.1. The van der Waals surface area contributed by atoms with E-state index in [1.807, 2.05) is 0 Å². The molecule has 1 aliphatic carbocycles. The zero-order valence-electron chi connectivity index (χ0n) is 20.7. The van der Waals surface area contributed by atoms with E-state index in [4.69, 9.17) is 23.7 Å². The lowest BCUT2D eigenvalue weighted by molar-refractivity contribution is -0.190. The Morgan fingerprint density at radius 2 is 1.50 bits per heavy atom. The first-order valence-corrected chi connectivity index (χ1v) is 12.0. The van der Waals surface area contributed by atoms with Crippen molar-refractivity contribution < 1.29 is 52.5 Å². The Labute approximate surface area is 211 Å². The molecule has 0 saturated carbocycles. The first-order valence-electron chi connectivity index (χ1n) is 11.2. The van der Waals surface area contributed by atoms with Gasteiger partial charge in [-0.3, -0.25) is 24.0 Å². The fraction of sp³-hybridized carbons (Fsp3) is 0.565. The summed E-state index contributed by atoms with van der Waals surface area (Å²) in [5, 5.41) is 2.76. The average Bonchev–Trinajstić information content (AvgIpc) is 3.33. The molecule has 1 N–H and O–H groups in total. The molecule has 0 aliphatic heterocycles. The minimum absolute atomic E-state index is 0.127. The van der Waals surface area contributed by atoms with Crippen molar-refractivity contribution in [2.75, 3.05) is 18.5 Å². The van der Waals surface area contributed by atoms with Gasteiger partial charge >= 0.3 is 29.8 Å². The van der Waals surface area contributed by atoms with E-state index < -0.39 is 60.7 Å². The molecule has 0 fully saturated rings. The number of fused-ring (bicyclic) bond motifs is 1. The van der Waals surface area contributed by atoms with E-state index >= 15 is 0 Å². The van der Waals surface area contributed by atoms with Gasteiger partial charge in [0.25, 0.3) is 5.91 Å². The van der Waals surface area contributed by atoms with E-state index in [1.54, 1.807) is 6.92 Å². The second kappa shape index (κ2) is 13.0. The molecule has 0 bridgehead atoms. The number of ether oxygens (including phenoxy) is 5. The van der Waals surface area contributed by atoms with Crippen LogP contribution in [0.15, 0.2) is 0 Å². The fourth-order valence-corrected chi connectivity index (χ4v) is 4.96. The fourth-order valence-electron chi connectivity index (χ4n) is 3.68. The van der Waals surface area contributed by atoms with Crippen molar-refractivity contribution in [2.45, 2.75) is 72.2 Å². The monoisotopic (exact) mass is 527 g/mol. The number of thiophene rings is 1. The van der Waals surface area contributed by atoms with E-state index in [0.29, 0.717) is 6.42 Å². The number of nitrogens with one attached hydrogen (secondary N) is 1. The van der Waals surface area contributed by atoms with Crippen molar-refractivity contribution in [1.29, 1.82) is 0 Å². The molecule has 0 spiro atoms. The maximum atomic E-state index is 13.4. The molecule has 36 heavy (non-hydrogen) atoms. The predicted octanol–water partition coefficient (Wildman–Crippen LogP) is 1.71. The largest absolute Gasteiger partial charge is 0.462 e. The molecule has 198 valence electrons. The second-order valence-electron chi connectivity index (χ2n) is 7.83. The number of hydrogen-bond acceptors (Lipinski definition) is 12. The third-order valence-electron chi connectivity index (χ3n) is 4.92. The molecule has 0 aromatic carbocycles. The zero-order chi connectivity index (χ0) is 27.0. The summed E-state index contributed by atoms with van der Waals surface area (Å²) in [4.78, 5) is 73.7. The maximum Gasteiger partial charge on any atom is 0.341 e. The van der Waals surface area contributed by atoms with Gasteiger partial charge < -0.3 is 29.0 Å². The number of esters is 5. The summed E-state index contributed by atoms with van der Waals surface area (Å²) >= 11 is 1.19. The standard InChI is InChI=1S/C23H29NO11S/c1-6-31-23(30)18-15-8-7-9-17(15)36-22(18)24-21(29)20(35-14(5)28)19(34-13(4)27)16(33-12(3)26)10-32-11(2)25/h16,19-20H,6-10H2,1-5H3,(H,24,29)/t16-,19+,20+/m1/s1. The number of aryl methyl sites for hydroxylation is 1. The predicted molar refractivity (Wildman–Crippen MR) is 124 cm³/mol. The van der Waals surface area contributed by atoms with Gasteiger partial charge in [-0.25, -0.2) is 4.79 Å². The highest BCUT2D eigenvalue weighted by atomic mass is 32.1. The molecule has 1 aromatic rings. The van der Waals surface area contributed by atoms with Crippen molar-refractivity contribution in [3.8, 4) is 0 Å². The van der Waals surface area contributed by atoms with Crippen LogP contribution in [0.5, 0.6) is 0 Å². The average molecular weight is 528 g/mol. The zero-order valence-corrected chi connectivity index (χ0v) is 21.5. The number of amides is 1. The minimum atomic E-state index is -1.82. The Balaban J connectivity index is 2.46. The van der Waals surface area contributed by atoms with Gasteiger partial charge in [0.2, 0.25) is 6.10 Å². The number of carbonyl (C=O) groups is 6. The highest BCUT2D eigenvalue weighted by molar-refractivity contribution is 7.17. The second-order valence-corrected chi connectivity index (χ2v) is 8.93. The lowest BCUT2D eigenvalue weighted by Gasteiger charge is -2.30. The smallest absolute Gasteiger partial charge is 0.341 e. The molecule has 0 radical (unpaired) electrons. The van der Waals surface area contributed by atoms with E-state index in [0.717, 1.165) is 51.0 Å². The summed E-state index contributed by atoms with van der Waals surface area (Å²) in [5.74, 6) is -4.91. The normalized spacial score (nSPS) is 14.5. The Hall–Kier alpha value is -3.48. The molecule has 0 unspecified atom stereocenters. The molecule has 1 heterocycles. The van der Waals surface area contributed by atoms with Gasteiger partial charge in [-0.1, -0.05) is 0 Å². The molecule has 13 heteroatoms. The topological polar surface area (TPSA) is 161 Å². The van der Waals surface area contributed by atoms with Crippen LogP contribution >= 0.6 is 11.3 Å². The Morgan fingerprint density at radius 3 is 2.06 bits per heavy atom. The van der Waals surface area contributed by atoms with Gasteiger partial charge in [0.05, 0.1) is 12.2 Å². The van der Waals surface area contributed by atoms with Gasteiger partial charge in [-0.2, -0.15) is 0 Å². The number of hydrogen-bond donors (Lipinski definition) is 1. The van der Waals surface area contributed by atoms with Gasteiger partial charge in [0.1, 0.15) is 11.6 Å². The lowest BCUT2D eigenvalue weighted by Crippen LogP contribution is -2.52. The summed E-state index contributed by atoms with van der Waals surface area (Å²) in [6.07, 6.45) is -2.76. The quantitative estimate of drug-likeness (QED) is 0.329. The molecule has 0 saturated heterocycles. The maximum absolute atomic E-state index is 13.4. The molecular formula is C23H29NO11S. The first kappa shape index (κ1) is 28.8. The Bertz CT molecular complexity index is 1030. The number of carbonyl (C=O) groups excluding carboxylic acids is 6. The van der Waals surface area contributed by atoms with Crippen LogP contribution in [0.4, 0.5) is 5.00 Å². The molecule has 12 nitrogen and oxygen atoms in total. The molecule has 1 amide bonds. The van der Waals surface area contributed by atoms with E-state index in [-0.39, 0.29) is 17.2 Å². The van der Waals surface area contributed by atoms with Crippen LogP contribution < -0.4 is 5.32 Å². The van der Waals surface area contributed by atoms with Crippen LogP contribution in [0, 0.1) is 0 Å². The highest BCUT2D eigenvalue weighted by Crippen LogP contribution is 2.39. The Kier molecular flexibility index (Phi) is 10.4. The van der Waals surface area contributed by atoms with Crippen LogP contribution in [0.3, 0.4) is 0 Å². The summed E-state index contributed by atoms with van der Waals surface area (Å²) in [6, 6.07) is 0.